The van der Waals surface area contributed by atoms with E-state index in [9.17, 15) is 9.18 Å². The molecule has 1 saturated carbocycles. The van der Waals surface area contributed by atoms with E-state index in [1.807, 2.05) is 24.3 Å². The van der Waals surface area contributed by atoms with Gasteiger partial charge in [0.25, 0.3) is 5.91 Å². The molecule has 2 aromatic carbocycles. The summed E-state index contributed by atoms with van der Waals surface area (Å²) in [5, 5.41) is 3.03. The van der Waals surface area contributed by atoms with Crippen molar-refractivity contribution in [1.82, 2.24) is 19.9 Å². The summed E-state index contributed by atoms with van der Waals surface area (Å²) >= 11 is 6.00. The first-order valence-electron chi connectivity index (χ1n) is 9.86. The predicted molar refractivity (Wildman–Crippen MR) is 115 cm³/mol. The monoisotopic (exact) mass is 423 g/mol. The van der Waals surface area contributed by atoms with Gasteiger partial charge in [-0.05, 0) is 43.2 Å². The van der Waals surface area contributed by atoms with E-state index >= 15 is 0 Å². The minimum absolute atomic E-state index is 0.0422. The number of rotatable bonds is 3. The number of amides is 1. The van der Waals surface area contributed by atoms with Crippen molar-refractivity contribution in [3.63, 3.8) is 0 Å². The lowest BCUT2D eigenvalue weighted by Crippen LogP contribution is -2.33. The molecule has 2 aromatic heterocycles. The first-order chi connectivity index (χ1) is 14.5. The topological polar surface area (TPSA) is 85.8 Å². The van der Waals surface area contributed by atoms with E-state index in [1.165, 1.54) is 12.1 Å². The molecule has 6 nitrogen and oxygen atoms in total. The number of nitrogens with two attached hydrogens (primary N) is 1. The minimum Gasteiger partial charge on any atom is -0.384 e. The summed E-state index contributed by atoms with van der Waals surface area (Å²) < 4.78 is 15.3. The number of carbonyl (C=O) groups excluding carboxylic acids is 1. The van der Waals surface area contributed by atoms with Crippen molar-refractivity contribution in [2.24, 2.45) is 0 Å². The number of para-hydroxylation sites is 2. The minimum atomic E-state index is -0.536. The molecular weight excluding hydrogens is 405 g/mol. The molecule has 0 bridgehead atoms. The van der Waals surface area contributed by atoms with E-state index in [1.54, 1.807) is 10.6 Å². The lowest BCUT2D eigenvalue weighted by atomic mass is 10.2. The average Bonchev–Trinajstić information content (AvgIpc) is 3.33. The number of nitrogens with one attached hydrogen (secondary N) is 1. The summed E-state index contributed by atoms with van der Waals surface area (Å²) in [4.78, 5) is 22.6. The van der Waals surface area contributed by atoms with Crippen molar-refractivity contribution in [1.29, 1.82) is 0 Å². The lowest BCUT2D eigenvalue weighted by Gasteiger charge is -2.12. The molecule has 4 aromatic rings. The number of hydrogen-bond acceptors (Lipinski definition) is 4. The maximum absolute atomic E-state index is 13.7. The van der Waals surface area contributed by atoms with E-state index in [2.05, 4.69) is 10.3 Å². The van der Waals surface area contributed by atoms with Gasteiger partial charge in [-0.3, -0.25) is 9.36 Å². The summed E-state index contributed by atoms with van der Waals surface area (Å²) in [5.74, 6) is -0.620. The summed E-state index contributed by atoms with van der Waals surface area (Å²) in [7, 11) is 0. The number of benzene rings is 2. The normalized spacial score (nSPS) is 14.6. The number of nitrogen functional groups attached to an aromatic ring is 1. The van der Waals surface area contributed by atoms with Crippen LogP contribution in [0, 0.1) is 5.82 Å². The first kappa shape index (κ1) is 18.8. The fourth-order valence-corrected chi connectivity index (χ4v) is 4.27. The van der Waals surface area contributed by atoms with Crippen molar-refractivity contribution in [3.8, 4) is 5.69 Å². The molecule has 152 valence electrons. The van der Waals surface area contributed by atoms with Crippen LogP contribution >= 0.6 is 11.6 Å². The van der Waals surface area contributed by atoms with Crippen LogP contribution in [0.5, 0.6) is 0 Å². The molecule has 30 heavy (non-hydrogen) atoms. The molecule has 1 aliphatic carbocycles. The van der Waals surface area contributed by atoms with Crippen LogP contribution in [0.1, 0.15) is 36.0 Å². The largest absolute Gasteiger partial charge is 0.384 e. The Balaban J connectivity index is 1.75. The summed E-state index contributed by atoms with van der Waals surface area (Å²) in [6, 6.07) is 11.8. The number of hydrogen-bond donors (Lipinski definition) is 2. The highest BCUT2D eigenvalue weighted by Crippen LogP contribution is 2.32. The molecule has 1 amide bonds. The van der Waals surface area contributed by atoms with Crippen molar-refractivity contribution in [2.45, 2.75) is 31.7 Å². The third-order valence-corrected chi connectivity index (χ3v) is 5.87. The van der Waals surface area contributed by atoms with Gasteiger partial charge in [-0.1, -0.05) is 36.6 Å². The summed E-state index contributed by atoms with van der Waals surface area (Å²) in [5.41, 5.74) is 9.40. The highest BCUT2D eigenvalue weighted by atomic mass is 35.5. The van der Waals surface area contributed by atoms with E-state index in [0.717, 1.165) is 25.7 Å². The van der Waals surface area contributed by atoms with Gasteiger partial charge in [-0.2, -0.15) is 0 Å². The molecule has 0 unspecified atom stereocenters. The zero-order valence-electron chi connectivity index (χ0n) is 16.0. The van der Waals surface area contributed by atoms with Gasteiger partial charge in [-0.15, -0.1) is 0 Å². The van der Waals surface area contributed by atoms with Crippen LogP contribution < -0.4 is 11.1 Å². The van der Waals surface area contributed by atoms with E-state index < -0.39 is 5.82 Å². The Hall–Kier alpha value is -3.19. The fourth-order valence-electron chi connectivity index (χ4n) is 4.10. The fraction of sp³-hybridized carbons (Fsp3) is 0.227. The summed E-state index contributed by atoms with van der Waals surface area (Å²) in [6.07, 6.45) is 4.10. The lowest BCUT2D eigenvalue weighted by molar-refractivity contribution is 0.0940. The SMILES string of the molecule is Nc1c(C(=O)NC2CCCC2)c2nc3ccccc3nc2n1-c1ccc(F)c(Cl)c1. The van der Waals surface area contributed by atoms with Crippen LogP contribution in [0.4, 0.5) is 10.2 Å². The molecule has 2 heterocycles. The molecule has 1 fully saturated rings. The second-order valence-corrected chi connectivity index (χ2v) is 7.94. The maximum atomic E-state index is 13.7. The standard InChI is InChI=1S/C22H19ClFN5O/c23-14-11-13(9-10-15(14)24)29-20(25)18(22(30)26-12-5-1-2-6-12)19-21(29)28-17-8-4-3-7-16(17)27-19/h3-4,7-12H,1-2,5-6,25H2,(H,26,30). The number of anilines is 1. The molecule has 0 saturated heterocycles. The molecule has 8 heteroatoms. The highest BCUT2D eigenvalue weighted by Gasteiger charge is 2.27. The third kappa shape index (κ3) is 3.06. The van der Waals surface area contributed by atoms with Crippen LogP contribution in [0.25, 0.3) is 27.9 Å². The van der Waals surface area contributed by atoms with Crippen LogP contribution in [0.15, 0.2) is 42.5 Å². The van der Waals surface area contributed by atoms with Gasteiger partial charge >= 0.3 is 0 Å². The maximum Gasteiger partial charge on any atom is 0.257 e. The van der Waals surface area contributed by atoms with Crippen molar-refractivity contribution in [2.75, 3.05) is 5.73 Å². The molecule has 0 atom stereocenters. The van der Waals surface area contributed by atoms with Gasteiger partial charge in [0.2, 0.25) is 0 Å². The number of nitrogens with zero attached hydrogens (tertiary/aromatic N) is 3. The molecular formula is C22H19ClFN5O. The molecule has 1 aliphatic rings. The Morgan fingerprint density at radius 3 is 2.53 bits per heavy atom. The zero-order valence-corrected chi connectivity index (χ0v) is 16.8. The Kier molecular flexibility index (Phi) is 4.55. The van der Waals surface area contributed by atoms with Gasteiger partial charge in [0.05, 0.1) is 21.7 Å². The average molecular weight is 424 g/mol. The van der Waals surface area contributed by atoms with Crippen molar-refractivity contribution in [3.05, 3.63) is 58.9 Å². The Bertz CT molecular complexity index is 1300. The highest BCUT2D eigenvalue weighted by molar-refractivity contribution is 6.31. The predicted octanol–water partition coefficient (Wildman–Crippen LogP) is 4.62. The third-order valence-electron chi connectivity index (χ3n) is 5.58. The number of aromatic nitrogens is 3. The van der Waals surface area contributed by atoms with Crippen molar-refractivity contribution >= 4 is 45.5 Å². The van der Waals surface area contributed by atoms with Crippen LogP contribution in [0.3, 0.4) is 0 Å². The van der Waals surface area contributed by atoms with E-state index in [4.69, 9.17) is 22.3 Å². The van der Waals surface area contributed by atoms with E-state index in [0.29, 0.717) is 27.9 Å². The summed E-state index contributed by atoms with van der Waals surface area (Å²) in [6.45, 7) is 0. The molecule has 3 N–H and O–H groups in total. The van der Waals surface area contributed by atoms with Gasteiger partial charge < -0.3 is 11.1 Å². The molecule has 0 spiro atoms. The van der Waals surface area contributed by atoms with Crippen LogP contribution in [-0.2, 0) is 0 Å². The number of carbonyl (C=O) groups is 1. The van der Waals surface area contributed by atoms with Crippen molar-refractivity contribution < 1.29 is 9.18 Å². The van der Waals surface area contributed by atoms with Crippen LogP contribution in [0.2, 0.25) is 5.02 Å². The second kappa shape index (κ2) is 7.25. The van der Waals surface area contributed by atoms with E-state index in [-0.39, 0.29) is 28.4 Å². The van der Waals surface area contributed by atoms with Gasteiger partial charge in [-0.25, -0.2) is 14.4 Å². The molecule has 0 radical (unpaired) electrons. The molecule has 0 aliphatic heterocycles. The second-order valence-electron chi connectivity index (χ2n) is 7.53. The van der Waals surface area contributed by atoms with Gasteiger partial charge in [0.15, 0.2) is 5.65 Å². The Labute approximate surface area is 176 Å². The smallest absolute Gasteiger partial charge is 0.257 e. The van der Waals surface area contributed by atoms with Gasteiger partial charge in [0.1, 0.15) is 22.7 Å². The first-order valence-corrected chi connectivity index (χ1v) is 10.2. The van der Waals surface area contributed by atoms with Gasteiger partial charge in [0, 0.05) is 6.04 Å². The quantitative estimate of drug-likeness (QED) is 0.503. The number of fused-ring (bicyclic) bond motifs is 2. The zero-order chi connectivity index (χ0) is 20.8. The number of halogens is 2. The Morgan fingerprint density at radius 1 is 1.13 bits per heavy atom. The Morgan fingerprint density at radius 2 is 1.83 bits per heavy atom. The molecule has 5 rings (SSSR count). The van der Waals surface area contributed by atoms with Crippen LogP contribution in [-0.4, -0.2) is 26.5 Å².